The molecule has 3 rings (SSSR count). The van der Waals surface area contributed by atoms with Crippen LogP contribution in [0.2, 0.25) is 0 Å². The van der Waals surface area contributed by atoms with Gasteiger partial charge in [-0.2, -0.15) is 0 Å². The number of rotatable bonds is 4. The number of nitrogens with one attached hydrogen (secondary N) is 1. The lowest BCUT2D eigenvalue weighted by atomic mass is 9.76. The lowest BCUT2D eigenvalue weighted by Crippen LogP contribution is -2.39. The molecule has 104 valence electrons. The van der Waals surface area contributed by atoms with Crippen LogP contribution in [0.1, 0.15) is 29.9 Å². The van der Waals surface area contributed by atoms with E-state index in [-0.39, 0.29) is 0 Å². The Morgan fingerprint density at radius 3 is 2.25 bits per heavy atom. The highest BCUT2D eigenvalue weighted by molar-refractivity contribution is 9.10. The average molecular weight is 395 g/mol. The van der Waals surface area contributed by atoms with E-state index in [4.69, 9.17) is 0 Å². The normalized spacial score (nSPS) is 21.5. The molecule has 0 bridgehead atoms. The Balaban J connectivity index is 1.52. The van der Waals surface area contributed by atoms with Crippen LogP contribution in [0.3, 0.4) is 0 Å². The van der Waals surface area contributed by atoms with Crippen LogP contribution in [-0.2, 0) is 6.54 Å². The van der Waals surface area contributed by atoms with Crippen molar-refractivity contribution in [3.8, 4) is 0 Å². The third-order valence-electron chi connectivity index (χ3n) is 4.02. The quantitative estimate of drug-likeness (QED) is 0.746. The molecule has 20 heavy (non-hydrogen) atoms. The summed E-state index contributed by atoms with van der Waals surface area (Å²) in [6.07, 6.45) is 2.46. The Morgan fingerprint density at radius 1 is 0.900 bits per heavy atom. The van der Waals surface area contributed by atoms with Gasteiger partial charge in [0.2, 0.25) is 0 Å². The molecule has 2 aromatic rings. The zero-order valence-electron chi connectivity index (χ0n) is 11.2. The molecule has 0 aromatic heterocycles. The minimum Gasteiger partial charge on any atom is -0.310 e. The molecule has 0 atom stereocenters. The monoisotopic (exact) mass is 393 g/mol. The van der Waals surface area contributed by atoms with Gasteiger partial charge >= 0.3 is 0 Å². The summed E-state index contributed by atoms with van der Waals surface area (Å²) in [6.45, 7) is 0.939. The van der Waals surface area contributed by atoms with Gasteiger partial charge in [-0.05, 0) is 42.0 Å². The molecule has 1 nitrogen and oxygen atoms in total. The van der Waals surface area contributed by atoms with E-state index in [0.717, 1.165) is 6.54 Å². The second kappa shape index (κ2) is 6.42. The molecule has 1 N–H and O–H groups in total. The SMILES string of the molecule is Brc1ccccc1CNC1CC(c2ccccc2Br)C1. The van der Waals surface area contributed by atoms with Crippen molar-refractivity contribution in [2.75, 3.05) is 0 Å². The Morgan fingerprint density at radius 2 is 1.55 bits per heavy atom. The second-order valence-corrected chi connectivity index (χ2v) is 7.07. The Bertz CT molecular complexity index is 588. The summed E-state index contributed by atoms with van der Waals surface area (Å²) in [6, 6.07) is 17.6. The Hall–Kier alpha value is -0.640. The first kappa shape index (κ1) is 14.3. The van der Waals surface area contributed by atoms with Gasteiger partial charge in [-0.1, -0.05) is 68.3 Å². The van der Waals surface area contributed by atoms with Crippen molar-refractivity contribution in [1.82, 2.24) is 5.32 Å². The summed E-state index contributed by atoms with van der Waals surface area (Å²) in [5.41, 5.74) is 2.78. The van der Waals surface area contributed by atoms with Crippen molar-refractivity contribution >= 4 is 31.9 Å². The molecule has 0 unspecified atom stereocenters. The molecule has 0 aliphatic heterocycles. The van der Waals surface area contributed by atoms with Gasteiger partial charge in [0.15, 0.2) is 0 Å². The minimum absolute atomic E-state index is 0.638. The summed E-state index contributed by atoms with van der Waals surface area (Å²) < 4.78 is 2.43. The minimum atomic E-state index is 0.638. The lowest BCUT2D eigenvalue weighted by Gasteiger charge is -2.37. The zero-order chi connectivity index (χ0) is 13.9. The maximum Gasteiger partial charge on any atom is 0.0220 e. The number of benzene rings is 2. The molecular weight excluding hydrogens is 378 g/mol. The van der Waals surface area contributed by atoms with Crippen molar-refractivity contribution in [3.63, 3.8) is 0 Å². The van der Waals surface area contributed by atoms with Gasteiger partial charge in [0.05, 0.1) is 0 Å². The molecule has 0 spiro atoms. The van der Waals surface area contributed by atoms with Gasteiger partial charge in [0, 0.05) is 21.5 Å². The van der Waals surface area contributed by atoms with Gasteiger partial charge in [-0.3, -0.25) is 0 Å². The Kier molecular flexibility index (Phi) is 4.59. The highest BCUT2D eigenvalue weighted by Gasteiger charge is 2.30. The molecule has 1 aliphatic rings. The third kappa shape index (κ3) is 3.16. The van der Waals surface area contributed by atoms with Crippen molar-refractivity contribution in [1.29, 1.82) is 0 Å². The van der Waals surface area contributed by atoms with Gasteiger partial charge in [-0.25, -0.2) is 0 Å². The summed E-state index contributed by atoms with van der Waals surface area (Å²) >= 11 is 7.25. The first-order valence-electron chi connectivity index (χ1n) is 6.95. The maximum atomic E-state index is 3.65. The molecule has 3 heteroatoms. The van der Waals surface area contributed by atoms with E-state index < -0.39 is 0 Å². The fraction of sp³-hybridized carbons (Fsp3) is 0.294. The van der Waals surface area contributed by atoms with Crippen molar-refractivity contribution in [3.05, 3.63) is 68.6 Å². The van der Waals surface area contributed by atoms with Crippen molar-refractivity contribution < 1.29 is 0 Å². The topological polar surface area (TPSA) is 12.0 Å². The standard InChI is InChI=1S/C17H17Br2N/c18-16-7-3-1-5-12(16)11-20-14-9-13(10-14)15-6-2-4-8-17(15)19/h1-8,13-14,20H,9-11H2. The number of hydrogen-bond acceptors (Lipinski definition) is 1. The van der Waals surface area contributed by atoms with Crippen molar-refractivity contribution in [2.45, 2.75) is 31.3 Å². The van der Waals surface area contributed by atoms with Crippen LogP contribution < -0.4 is 5.32 Å². The van der Waals surface area contributed by atoms with E-state index >= 15 is 0 Å². The molecule has 1 aliphatic carbocycles. The lowest BCUT2D eigenvalue weighted by molar-refractivity contribution is 0.289. The smallest absolute Gasteiger partial charge is 0.0220 e. The Labute approximate surface area is 137 Å². The van der Waals surface area contributed by atoms with Crippen LogP contribution in [0.25, 0.3) is 0 Å². The summed E-state index contributed by atoms with van der Waals surface area (Å²) in [4.78, 5) is 0. The first-order chi connectivity index (χ1) is 9.74. The van der Waals surface area contributed by atoms with E-state index in [0.29, 0.717) is 12.0 Å². The van der Waals surface area contributed by atoms with Crippen LogP contribution in [0.15, 0.2) is 57.5 Å². The van der Waals surface area contributed by atoms with Crippen molar-refractivity contribution in [2.24, 2.45) is 0 Å². The molecule has 0 radical (unpaired) electrons. The van der Waals surface area contributed by atoms with E-state index in [1.165, 1.54) is 32.9 Å². The van der Waals surface area contributed by atoms with Crippen LogP contribution in [0.5, 0.6) is 0 Å². The van der Waals surface area contributed by atoms with Gasteiger partial charge in [0.1, 0.15) is 0 Å². The zero-order valence-corrected chi connectivity index (χ0v) is 14.3. The fourth-order valence-corrected chi connectivity index (χ4v) is 3.77. The van der Waals surface area contributed by atoms with Crippen LogP contribution >= 0.6 is 31.9 Å². The van der Waals surface area contributed by atoms with Gasteiger partial charge in [-0.15, -0.1) is 0 Å². The van der Waals surface area contributed by atoms with Crippen LogP contribution in [0, 0.1) is 0 Å². The highest BCUT2D eigenvalue weighted by atomic mass is 79.9. The third-order valence-corrected chi connectivity index (χ3v) is 5.52. The molecule has 0 saturated heterocycles. The molecular formula is C17H17Br2N. The molecule has 1 saturated carbocycles. The van der Waals surface area contributed by atoms with E-state index in [9.17, 15) is 0 Å². The predicted octanol–water partition coefficient (Wildman–Crippen LogP) is 5.25. The number of hydrogen-bond donors (Lipinski definition) is 1. The second-order valence-electron chi connectivity index (χ2n) is 5.36. The highest BCUT2D eigenvalue weighted by Crippen LogP contribution is 2.40. The predicted molar refractivity (Wildman–Crippen MR) is 90.9 cm³/mol. The summed E-state index contributed by atoms with van der Waals surface area (Å²) in [5.74, 6) is 0.697. The first-order valence-corrected chi connectivity index (χ1v) is 8.54. The van der Waals surface area contributed by atoms with Crippen LogP contribution in [0.4, 0.5) is 0 Å². The largest absolute Gasteiger partial charge is 0.310 e. The average Bonchev–Trinajstić information content (AvgIpc) is 2.41. The summed E-state index contributed by atoms with van der Waals surface area (Å²) in [7, 11) is 0. The van der Waals surface area contributed by atoms with E-state index in [2.05, 4.69) is 85.7 Å². The molecule has 0 amide bonds. The fourth-order valence-electron chi connectivity index (χ4n) is 2.74. The van der Waals surface area contributed by atoms with Gasteiger partial charge in [0.25, 0.3) is 0 Å². The summed E-state index contributed by atoms with van der Waals surface area (Å²) in [5, 5.41) is 3.65. The molecule has 2 aromatic carbocycles. The molecule has 1 fully saturated rings. The number of halogens is 2. The maximum absolute atomic E-state index is 3.65. The van der Waals surface area contributed by atoms with Crippen LogP contribution in [-0.4, -0.2) is 6.04 Å². The van der Waals surface area contributed by atoms with E-state index in [1.54, 1.807) is 0 Å². The van der Waals surface area contributed by atoms with E-state index in [1.807, 2.05) is 0 Å². The molecule has 0 heterocycles. The van der Waals surface area contributed by atoms with Gasteiger partial charge < -0.3 is 5.32 Å².